The molecule has 2 aromatic carbocycles. The lowest BCUT2D eigenvalue weighted by Gasteiger charge is -2.25. The molecular weight excluding hydrogens is 300 g/mol. The zero-order valence-electron chi connectivity index (χ0n) is 13.8. The Balaban J connectivity index is 1.64. The van der Waals surface area contributed by atoms with Crippen LogP contribution in [-0.2, 0) is 16.0 Å². The predicted molar refractivity (Wildman–Crippen MR) is 95.5 cm³/mol. The molecule has 3 rings (SSSR count). The molecule has 1 heterocycles. The van der Waals surface area contributed by atoms with Crippen molar-refractivity contribution < 1.29 is 9.53 Å². The Labute approximate surface area is 143 Å². The number of nitrogens with two attached hydrogens (primary N) is 1. The lowest BCUT2D eigenvalue weighted by Crippen LogP contribution is -2.36. The highest BCUT2D eigenvalue weighted by Gasteiger charge is 2.28. The van der Waals surface area contributed by atoms with E-state index in [2.05, 4.69) is 5.32 Å². The molecule has 0 aliphatic carbocycles. The molecule has 1 aliphatic rings. The van der Waals surface area contributed by atoms with Gasteiger partial charge in [-0.2, -0.15) is 0 Å². The third kappa shape index (κ3) is 4.15. The van der Waals surface area contributed by atoms with Gasteiger partial charge in [0.25, 0.3) is 0 Å². The van der Waals surface area contributed by atoms with E-state index < -0.39 is 0 Å². The first-order valence-electron chi connectivity index (χ1n) is 8.53. The van der Waals surface area contributed by atoms with E-state index in [1.165, 1.54) is 0 Å². The van der Waals surface area contributed by atoms with Gasteiger partial charge < -0.3 is 15.8 Å². The van der Waals surface area contributed by atoms with Crippen molar-refractivity contribution in [3.05, 3.63) is 65.7 Å². The summed E-state index contributed by atoms with van der Waals surface area (Å²) in [5.41, 5.74) is 8.80. The maximum atomic E-state index is 12.5. The molecule has 0 aromatic heterocycles. The van der Waals surface area contributed by atoms with Crippen molar-refractivity contribution in [3.63, 3.8) is 0 Å². The molecule has 0 saturated carbocycles. The Morgan fingerprint density at radius 2 is 1.92 bits per heavy atom. The van der Waals surface area contributed by atoms with Crippen molar-refractivity contribution in [3.8, 4) is 0 Å². The standard InChI is InChI=1S/C20H24N2O2/c21-17-10-5-4-7-15(17)12-13-19(23)22-20(18-11-6-14-24-18)16-8-2-1-3-9-16/h1-5,7-10,18,20H,6,11-14,21H2,(H,22,23). The smallest absolute Gasteiger partial charge is 0.220 e. The van der Waals surface area contributed by atoms with E-state index in [1.54, 1.807) is 0 Å². The average molecular weight is 324 g/mol. The molecule has 2 aromatic rings. The van der Waals surface area contributed by atoms with Crippen LogP contribution in [0.25, 0.3) is 0 Å². The number of carbonyl (C=O) groups is 1. The number of benzene rings is 2. The van der Waals surface area contributed by atoms with Crippen molar-refractivity contribution in [2.45, 2.75) is 37.8 Å². The number of nitrogens with one attached hydrogen (secondary N) is 1. The Bertz CT molecular complexity index is 666. The molecule has 4 nitrogen and oxygen atoms in total. The molecule has 24 heavy (non-hydrogen) atoms. The minimum absolute atomic E-state index is 0.0302. The Morgan fingerprint density at radius 1 is 1.17 bits per heavy atom. The topological polar surface area (TPSA) is 64.4 Å². The number of carbonyl (C=O) groups excluding carboxylic acids is 1. The molecule has 3 N–H and O–H groups in total. The van der Waals surface area contributed by atoms with Crippen molar-refractivity contribution >= 4 is 11.6 Å². The highest BCUT2D eigenvalue weighted by molar-refractivity contribution is 5.77. The normalized spacial score (nSPS) is 18.2. The molecule has 0 spiro atoms. The molecule has 1 saturated heterocycles. The lowest BCUT2D eigenvalue weighted by molar-refractivity contribution is -0.122. The van der Waals surface area contributed by atoms with Gasteiger partial charge in [0.15, 0.2) is 0 Å². The third-order valence-corrected chi connectivity index (χ3v) is 4.49. The van der Waals surface area contributed by atoms with Crippen LogP contribution < -0.4 is 11.1 Å². The molecule has 2 atom stereocenters. The number of rotatable bonds is 6. The fourth-order valence-corrected chi connectivity index (χ4v) is 3.17. The van der Waals surface area contributed by atoms with E-state index >= 15 is 0 Å². The van der Waals surface area contributed by atoms with E-state index in [0.717, 1.165) is 36.3 Å². The molecule has 0 bridgehead atoms. The van der Waals surface area contributed by atoms with Gasteiger partial charge in [0, 0.05) is 18.7 Å². The number of hydrogen-bond donors (Lipinski definition) is 2. The van der Waals surface area contributed by atoms with Crippen molar-refractivity contribution in [1.29, 1.82) is 0 Å². The first-order valence-corrected chi connectivity index (χ1v) is 8.53. The number of amides is 1. The highest BCUT2D eigenvalue weighted by Crippen LogP contribution is 2.27. The van der Waals surface area contributed by atoms with E-state index in [4.69, 9.17) is 10.5 Å². The Kier molecular flexibility index (Phi) is 5.49. The van der Waals surface area contributed by atoms with Crippen molar-refractivity contribution in [2.75, 3.05) is 12.3 Å². The second kappa shape index (κ2) is 7.97. The second-order valence-electron chi connectivity index (χ2n) is 6.21. The number of anilines is 1. The monoisotopic (exact) mass is 324 g/mol. The summed E-state index contributed by atoms with van der Waals surface area (Å²) >= 11 is 0. The predicted octanol–water partition coefficient (Wildman–Crippen LogP) is 3.24. The SMILES string of the molecule is Nc1ccccc1CCC(=O)NC(c1ccccc1)C1CCCO1. The van der Waals surface area contributed by atoms with Crippen LogP contribution in [0, 0.1) is 0 Å². The molecule has 1 amide bonds. The minimum Gasteiger partial charge on any atom is -0.399 e. The summed E-state index contributed by atoms with van der Waals surface area (Å²) in [7, 11) is 0. The number of aryl methyl sites for hydroxylation is 1. The summed E-state index contributed by atoms with van der Waals surface area (Å²) in [6, 6.07) is 17.7. The molecular formula is C20H24N2O2. The van der Waals surface area contributed by atoms with Crippen LogP contribution in [0.5, 0.6) is 0 Å². The molecule has 1 aliphatic heterocycles. The van der Waals surface area contributed by atoms with Crippen LogP contribution in [0.4, 0.5) is 5.69 Å². The summed E-state index contributed by atoms with van der Waals surface area (Å²) in [5.74, 6) is 0.0302. The third-order valence-electron chi connectivity index (χ3n) is 4.49. The summed E-state index contributed by atoms with van der Waals surface area (Å²) < 4.78 is 5.82. The number of nitrogen functional groups attached to an aromatic ring is 1. The highest BCUT2D eigenvalue weighted by atomic mass is 16.5. The fourth-order valence-electron chi connectivity index (χ4n) is 3.17. The molecule has 126 valence electrons. The van der Waals surface area contributed by atoms with Crippen molar-refractivity contribution in [2.24, 2.45) is 0 Å². The number of hydrogen-bond acceptors (Lipinski definition) is 3. The van der Waals surface area contributed by atoms with E-state index in [9.17, 15) is 4.79 Å². The molecule has 1 fully saturated rings. The van der Waals surface area contributed by atoms with Crippen LogP contribution in [0.3, 0.4) is 0 Å². The van der Waals surface area contributed by atoms with Crippen LogP contribution in [0.2, 0.25) is 0 Å². The summed E-state index contributed by atoms with van der Waals surface area (Å²) in [6.07, 6.45) is 3.14. The zero-order chi connectivity index (χ0) is 16.8. The fraction of sp³-hybridized carbons (Fsp3) is 0.350. The number of para-hydroxylation sites is 1. The number of ether oxygens (including phenoxy) is 1. The molecule has 0 radical (unpaired) electrons. The van der Waals surface area contributed by atoms with Gasteiger partial charge in [0.1, 0.15) is 0 Å². The first kappa shape index (κ1) is 16.5. The molecule has 4 heteroatoms. The van der Waals surface area contributed by atoms with Gasteiger partial charge >= 0.3 is 0 Å². The van der Waals surface area contributed by atoms with E-state index in [-0.39, 0.29) is 18.1 Å². The van der Waals surface area contributed by atoms with Crippen molar-refractivity contribution in [1.82, 2.24) is 5.32 Å². The summed E-state index contributed by atoms with van der Waals surface area (Å²) in [4.78, 5) is 12.5. The quantitative estimate of drug-likeness (QED) is 0.802. The summed E-state index contributed by atoms with van der Waals surface area (Å²) in [5, 5.41) is 3.16. The van der Waals surface area contributed by atoms with Gasteiger partial charge in [-0.25, -0.2) is 0 Å². The van der Waals surface area contributed by atoms with Crippen LogP contribution in [0.15, 0.2) is 54.6 Å². The molecule has 2 unspecified atom stereocenters. The Hall–Kier alpha value is -2.33. The van der Waals surface area contributed by atoms with Gasteiger partial charge in [0.05, 0.1) is 12.1 Å². The van der Waals surface area contributed by atoms with Gasteiger partial charge in [0.2, 0.25) is 5.91 Å². The maximum absolute atomic E-state index is 12.5. The summed E-state index contributed by atoms with van der Waals surface area (Å²) in [6.45, 7) is 0.768. The van der Waals surface area contributed by atoms with Crippen LogP contribution in [-0.4, -0.2) is 18.6 Å². The van der Waals surface area contributed by atoms with Gasteiger partial charge in [-0.3, -0.25) is 4.79 Å². The van der Waals surface area contributed by atoms with Crippen LogP contribution in [0.1, 0.15) is 36.4 Å². The average Bonchev–Trinajstić information content (AvgIpc) is 3.14. The van der Waals surface area contributed by atoms with E-state index in [0.29, 0.717) is 12.8 Å². The van der Waals surface area contributed by atoms with Gasteiger partial charge in [-0.15, -0.1) is 0 Å². The first-order chi connectivity index (χ1) is 11.7. The maximum Gasteiger partial charge on any atom is 0.220 e. The zero-order valence-corrected chi connectivity index (χ0v) is 13.8. The minimum atomic E-state index is -0.0886. The lowest BCUT2D eigenvalue weighted by atomic mass is 9.98. The van der Waals surface area contributed by atoms with Gasteiger partial charge in [-0.05, 0) is 36.5 Å². The Morgan fingerprint density at radius 3 is 2.62 bits per heavy atom. The largest absolute Gasteiger partial charge is 0.399 e. The van der Waals surface area contributed by atoms with Gasteiger partial charge in [-0.1, -0.05) is 48.5 Å². The van der Waals surface area contributed by atoms with Crippen LogP contribution >= 0.6 is 0 Å². The second-order valence-corrected chi connectivity index (χ2v) is 6.21. The van der Waals surface area contributed by atoms with E-state index in [1.807, 2.05) is 54.6 Å².